The second kappa shape index (κ2) is 8.21. The summed E-state index contributed by atoms with van der Waals surface area (Å²) >= 11 is 1.48. The molecule has 0 aliphatic heterocycles. The smallest absolute Gasteiger partial charge is 0.246 e. The lowest BCUT2D eigenvalue weighted by Crippen LogP contribution is -2.48. The van der Waals surface area contributed by atoms with E-state index in [1.54, 1.807) is 0 Å². The molecule has 1 rings (SSSR count). The lowest BCUT2D eigenvalue weighted by Gasteiger charge is -2.31. The number of nitrogens with two attached hydrogens (primary N) is 2. The molecule has 0 aromatic carbocycles. The van der Waals surface area contributed by atoms with Gasteiger partial charge in [-0.15, -0.1) is 11.3 Å². The molecule has 0 bridgehead atoms. The van der Waals surface area contributed by atoms with E-state index in [-0.39, 0.29) is 18.2 Å². The maximum atomic E-state index is 12.5. The minimum Gasteiger partial charge on any atom is -0.294 e. The fourth-order valence-electron chi connectivity index (χ4n) is 2.38. The first-order chi connectivity index (χ1) is 10.4. The minimum absolute atomic E-state index is 0.137. The number of carbonyl (C=O) groups excluding carboxylic acids is 2. The van der Waals surface area contributed by atoms with E-state index in [0.717, 1.165) is 11.4 Å². The second-order valence-corrected chi connectivity index (χ2v) is 6.87. The van der Waals surface area contributed by atoms with Crippen LogP contribution in [0.2, 0.25) is 0 Å². The first kappa shape index (κ1) is 18.5. The number of amides is 2. The van der Waals surface area contributed by atoms with Crippen LogP contribution in [-0.2, 0) is 15.0 Å². The summed E-state index contributed by atoms with van der Waals surface area (Å²) in [6.07, 6.45) is 1.86. The molecule has 8 heteroatoms. The monoisotopic (exact) mass is 327 g/mol. The van der Waals surface area contributed by atoms with Gasteiger partial charge >= 0.3 is 0 Å². The summed E-state index contributed by atoms with van der Waals surface area (Å²) in [5.74, 6) is 10.3. The van der Waals surface area contributed by atoms with Gasteiger partial charge in [0.25, 0.3) is 0 Å². The number of hydrogen-bond donors (Lipinski definition) is 4. The number of hydrogen-bond acceptors (Lipinski definition) is 6. The summed E-state index contributed by atoms with van der Waals surface area (Å²) in [5, 5.41) is 2.74. The SMILES string of the molecule is Cc1nc([C@](CCC(=O)NN)(CCC(C)C)C(=O)NN)cs1. The minimum atomic E-state index is -0.906. The van der Waals surface area contributed by atoms with Crippen molar-refractivity contribution in [2.24, 2.45) is 17.6 Å². The van der Waals surface area contributed by atoms with Crippen molar-refractivity contribution in [3.8, 4) is 0 Å². The average Bonchev–Trinajstić information content (AvgIpc) is 2.93. The van der Waals surface area contributed by atoms with Crippen LogP contribution in [0.15, 0.2) is 5.38 Å². The van der Waals surface area contributed by atoms with Gasteiger partial charge in [0.1, 0.15) is 0 Å². The Kier molecular flexibility index (Phi) is 6.92. The lowest BCUT2D eigenvalue weighted by molar-refractivity contribution is -0.128. The number of hydrazine groups is 2. The highest BCUT2D eigenvalue weighted by Crippen LogP contribution is 2.36. The predicted molar refractivity (Wildman–Crippen MR) is 86.5 cm³/mol. The summed E-state index contributed by atoms with van der Waals surface area (Å²) in [6, 6.07) is 0. The Labute approximate surface area is 134 Å². The van der Waals surface area contributed by atoms with Crippen LogP contribution in [0, 0.1) is 12.8 Å². The van der Waals surface area contributed by atoms with Crippen molar-refractivity contribution in [2.75, 3.05) is 0 Å². The molecule has 1 heterocycles. The van der Waals surface area contributed by atoms with Crippen LogP contribution >= 0.6 is 11.3 Å². The molecule has 1 aromatic rings. The molecule has 0 spiro atoms. The van der Waals surface area contributed by atoms with Crippen molar-refractivity contribution >= 4 is 23.2 Å². The summed E-state index contributed by atoms with van der Waals surface area (Å²) in [6.45, 7) is 6.06. The first-order valence-electron chi connectivity index (χ1n) is 7.28. The number of nitrogens with one attached hydrogen (secondary N) is 2. The van der Waals surface area contributed by atoms with Crippen LogP contribution in [0.25, 0.3) is 0 Å². The van der Waals surface area contributed by atoms with Crippen LogP contribution in [0.4, 0.5) is 0 Å². The highest BCUT2D eigenvalue weighted by molar-refractivity contribution is 7.09. The number of aromatic nitrogens is 1. The van der Waals surface area contributed by atoms with Crippen LogP contribution < -0.4 is 22.5 Å². The first-order valence-corrected chi connectivity index (χ1v) is 8.16. The van der Waals surface area contributed by atoms with Gasteiger partial charge in [-0.25, -0.2) is 16.7 Å². The molecule has 6 N–H and O–H groups in total. The lowest BCUT2D eigenvalue weighted by atomic mass is 9.74. The Hall–Kier alpha value is -1.51. The van der Waals surface area contributed by atoms with Crippen LogP contribution in [-0.4, -0.2) is 16.8 Å². The van der Waals surface area contributed by atoms with Crippen LogP contribution in [0.3, 0.4) is 0 Å². The molecule has 1 atom stereocenters. The van der Waals surface area contributed by atoms with Crippen molar-refractivity contribution in [3.63, 3.8) is 0 Å². The molecule has 0 saturated carbocycles. The molecule has 124 valence electrons. The zero-order valence-electron chi connectivity index (χ0n) is 13.3. The summed E-state index contributed by atoms with van der Waals surface area (Å²) in [5.41, 5.74) is 4.10. The van der Waals surface area contributed by atoms with Gasteiger partial charge in [-0.05, 0) is 32.1 Å². The predicted octanol–water partition coefficient (Wildman–Crippen LogP) is 0.886. The molecule has 1 aromatic heterocycles. The van der Waals surface area contributed by atoms with E-state index in [4.69, 9.17) is 11.7 Å². The molecule has 0 radical (unpaired) electrons. The quantitative estimate of drug-likeness (QED) is 0.321. The standard InChI is InChI=1S/C14H25N5O2S/c1-9(2)4-6-14(13(21)19-16,7-5-12(20)18-15)11-8-22-10(3)17-11/h8-9H,4-7,15-16H2,1-3H3,(H,18,20)(H,19,21)/t14-/m1/s1. The fraction of sp³-hybridized carbons (Fsp3) is 0.643. The van der Waals surface area contributed by atoms with Gasteiger partial charge in [0.15, 0.2) is 0 Å². The van der Waals surface area contributed by atoms with Gasteiger partial charge in [0, 0.05) is 11.8 Å². The largest absolute Gasteiger partial charge is 0.294 e. The van der Waals surface area contributed by atoms with E-state index in [1.807, 2.05) is 12.3 Å². The number of thiazole rings is 1. The Morgan fingerprint density at radius 2 is 2.00 bits per heavy atom. The maximum absolute atomic E-state index is 12.5. The number of aryl methyl sites for hydroxylation is 1. The average molecular weight is 327 g/mol. The third-order valence-electron chi connectivity index (χ3n) is 3.76. The molecule has 0 aliphatic rings. The Balaban J connectivity index is 3.16. The molecular weight excluding hydrogens is 302 g/mol. The maximum Gasteiger partial charge on any atom is 0.246 e. The van der Waals surface area contributed by atoms with Gasteiger partial charge in [-0.3, -0.25) is 20.4 Å². The van der Waals surface area contributed by atoms with E-state index in [9.17, 15) is 9.59 Å². The Morgan fingerprint density at radius 3 is 2.45 bits per heavy atom. The van der Waals surface area contributed by atoms with E-state index in [2.05, 4.69) is 29.7 Å². The highest BCUT2D eigenvalue weighted by atomic mass is 32.1. The van der Waals surface area contributed by atoms with Crippen molar-refractivity contribution in [3.05, 3.63) is 16.1 Å². The number of carbonyl (C=O) groups is 2. The van der Waals surface area contributed by atoms with E-state index < -0.39 is 5.41 Å². The van der Waals surface area contributed by atoms with Crippen LogP contribution in [0.1, 0.15) is 50.2 Å². The molecule has 7 nitrogen and oxygen atoms in total. The second-order valence-electron chi connectivity index (χ2n) is 5.81. The molecule has 0 fully saturated rings. The van der Waals surface area contributed by atoms with Gasteiger partial charge in [0.05, 0.1) is 16.1 Å². The molecule has 0 aliphatic carbocycles. The Morgan fingerprint density at radius 1 is 1.32 bits per heavy atom. The van der Waals surface area contributed by atoms with E-state index in [0.29, 0.717) is 24.5 Å². The van der Waals surface area contributed by atoms with Crippen LogP contribution in [0.5, 0.6) is 0 Å². The number of nitrogens with zero attached hydrogens (tertiary/aromatic N) is 1. The molecule has 0 saturated heterocycles. The molecule has 0 unspecified atom stereocenters. The zero-order valence-corrected chi connectivity index (χ0v) is 14.1. The fourth-order valence-corrected chi connectivity index (χ4v) is 3.09. The van der Waals surface area contributed by atoms with E-state index >= 15 is 0 Å². The third kappa shape index (κ3) is 4.49. The van der Waals surface area contributed by atoms with Gasteiger partial charge in [-0.1, -0.05) is 13.8 Å². The highest BCUT2D eigenvalue weighted by Gasteiger charge is 2.41. The summed E-state index contributed by atoms with van der Waals surface area (Å²) in [4.78, 5) is 28.5. The molecular formula is C14H25N5O2S. The topological polar surface area (TPSA) is 123 Å². The number of rotatable bonds is 8. The van der Waals surface area contributed by atoms with Crippen molar-refractivity contribution in [1.82, 2.24) is 15.8 Å². The third-order valence-corrected chi connectivity index (χ3v) is 4.54. The molecule has 22 heavy (non-hydrogen) atoms. The normalized spacial score (nSPS) is 13.7. The van der Waals surface area contributed by atoms with Gasteiger partial charge < -0.3 is 0 Å². The van der Waals surface area contributed by atoms with E-state index in [1.165, 1.54) is 11.3 Å². The summed E-state index contributed by atoms with van der Waals surface area (Å²) < 4.78 is 0. The van der Waals surface area contributed by atoms with Gasteiger partial charge in [-0.2, -0.15) is 0 Å². The zero-order chi connectivity index (χ0) is 16.8. The van der Waals surface area contributed by atoms with Crippen molar-refractivity contribution in [1.29, 1.82) is 0 Å². The molecule has 2 amide bonds. The summed E-state index contributed by atoms with van der Waals surface area (Å²) in [7, 11) is 0. The van der Waals surface area contributed by atoms with Crippen molar-refractivity contribution in [2.45, 2.75) is 51.9 Å². The van der Waals surface area contributed by atoms with Crippen molar-refractivity contribution < 1.29 is 9.59 Å². The Bertz CT molecular complexity index is 517. The van der Waals surface area contributed by atoms with Gasteiger partial charge in [0.2, 0.25) is 11.8 Å².